The van der Waals surface area contributed by atoms with Gasteiger partial charge >= 0.3 is 0 Å². The summed E-state index contributed by atoms with van der Waals surface area (Å²) in [6.07, 6.45) is 1.40. The fourth-order valence-electron chi connectivity index (χ4n) is 2.60. The van der Waals surface area contributed by atoms with Gasteiger partial charge in [0, 0.05) is 11.3 Å². The predicted molar refractivity (Wildman–Crippen MR) is 109 cm³/mol. The molecule has 1 aliphatic rings. The topological polar surface area (TPSA) is 38.3 Å². The summed E-state index contributed by atoms with van der Waals surface area (Å²) in [7, 11) is 0. The third kappa shape index (κ3) is 5.19. The monoisotopic (exact) mass is 373 g/mol. The number of ether oxygens (including phenoxy) is 1. The standard InChI is InChI=1S/C20H23NO2S2/c1-14(2)23-18-9-7-15(8-10-18)19(22)21-17-6-3-5-16(13-17)20-24-11-4-12-25-20/h3,5-10,13-14,20H,4,11-12H2,1-2H3,(H,21,22). The van der Waals surface area contributed by atoms with Gasteiger partial charge in [0.05, 0.1) is 10.7 Å². The van der Waals surface area contributed by atoms with Gasteiger partial charge in [-0.2, -0.15) is 0 Å². The first-order valence-electron chi connectivity index (χ1n) is 8.53. The highest BCUT2D eigenvalue weighted by Crippen LogP contribution is 2.44. The molecule has 1 heterocycles. The zero-order chi connectivity index (χ0) is 17.6. The number of amides is 1. The number of carbonyl (C=O) groups is 1. The maximum atomic E-state index is 12.5. The van der Waals surface area contributed by atoms with Crippen molar-refractivity contribution in [3.8, 4) is 5.75 Å². The lowest BCUT2D eigenvalue weighted by Crippen LogP contribution is -2.12. The van der Waals surface area contributed by atoms with Gasteiger partial charge in [-0.1, -0.05) is 12.1 Å². The average Bonchev–Trinajstić information content (AvgIpc) is 2.63. The van der Waals surface area contributed by atoms with Crippen molar-refractivity contribution in [3.05, 3.63) is 59.7 Å². The smallest absolute Gasteiger partial charge is 0.255 e. The Labute approximate surface area is 157 Å². The van der Waals surface area contributed by atoms with Crippen LogP contribution in [0.4, 0.5) is 5.69 Å². The highest BCUT2D eigenvalue weighted by molar-refractivity contribution is 8.16. The summed E-state index contributed by atoms with van der Waals surface area (Å²) in [6, 6.07) is 15.4. The van der Waals surface area contributed by atoms with Crippen molar-refractivity contribution < 1.29 is 9.53 Å². The van der Waals surface area contributed by atoms with Crippen molar-refractivity contribution in [2.75, 3.05) is 16.8 Å². The molecule has 3 nitrogen and oxygen atoms in total. The summed E-state index contributed by atoms with van der Waals surface area (Å²) < 4.78 is 6.08. The first kappa shape index (κ1) is 18.2. The van der Waals surface area contributed by atoms with Crippen LogP contribution in [0.1, 0.15) is 40.8 Å². The van der Waals surface area contributed by atoms with Gasteiger partial charge in [-0.05, 0) is 73.7 Å². The molecule has 5 heteroatoms. The number of thioether (sulfide) groups is 2. The number of anilines is 1. The first-order valence-corrected chi connectivity index (χ1v) is 10.6. The Kier molecular flexibility index (Phi) is 6.32. The van der Waals surface area contributed by atoms with Gasteiger partial charge in [-0.3, -0.25) is 4.79 Å². The lowest BCUT2D eigenvalue weighted by Gasteiger charge is -2.21. The molecule has 0 saturated carbocycles. The van der Waals surface area contributed by atoms with Crippen molar-refractivity contribution in [2.45, 2.75) is 31.0 Å². The predicted octanol–water partition coefficient (Wildman–Crippen LogP) is 5.59. The van der Waals surface area contributed by atoms with Crippen LogP contribution < -0.4 is 10.1 Å². The Hall–Kier alpha value is -1.59. The number of carbonyl (C=O) groups excluding carboxylic acids is 1. The van der Waals surface area contributed by atoms with Crippen LogP contribution in [0.25, 0.3) is 0 Å². The Bertz CT molecular complexity index is 710. The van der Waals surface area contributed by atoms with Crippen molar-refractivity contribution in [1.29, 1.82) is 0 Å². The number of hydrogen-bond acceptors (Lipinski definition) is 4. The molecule has 0 unspecified atom stereocenters. The Morgan fingerprint density at radius 3 is 2.52 bits per heavy atom. The number of benzene rings is 2. The molecule has 2 aromatic carbocycles. The second-order valence-corrected chi connectivity index (χ2v) is 8.92. The van der Waals surface area contributed by atoms with Crippen LogP contribution in [0.3, 0.4) is 0 Å². The highest BCUT2D eigenvalue weighted by Gasteiger charge is 2.17. The molecule has 0 aromatic heterocycles. The maximum Gasteiger partial charge on any atom is 0.255 e. The fourth-order valence-corrected chi connectivity index (χ4v) is 5.48. The summed E-state index contributed by atoms with van der Waals surface area (Å²) in [6.45, 7) is 3.97. The molecule has 132 valence electrons. The van der Waals surface area contributed by atoms with Crippen molar-refractivity contribution >= 4 is 35.1 Å². The van der Waals surface area contributed by atoms with Crippen LogP contribution in [-0.4, -0.2) is 23.5 Å². The summed E-state index contributed by atoms with van der Waals surface area (Å²) in [5.74, 6) is 3.09. The highest BCUT2D eigenvalue weighted by atomic mass is 32.2. The van der Waals surface area contributed by atoms with Crippen molar-refractivity contribution in [3.63, 3.8) is 0 Å². The first-order chi connectivity index (χ1) is 12.1. The molecule has 1 aliphatic heterocycles. The molecule has 1 N–H and O–H groups in total. The van der Waals surface area contributed by atoms with Crippen LogP contribution >= 0.6 is 23.5 Å². The van der Waals surface area contributed by atoms with Gasteiger partial charge in [0.25, 0.3) is 5.91 Å². The van der Waals surface area contributed by atoms with E-state index < -0.39 is 0 Å². The average molecular weight is 374 g/mol. The van der Waals surface area contributed by atoms with E-state index in [-0.39, 0.29) is 12.0 Å². The quantitative estimate of drug-likeness (QED) is 0.741. The molecule has 1 saturated heterocycles. The third-order valence-electron chi connectivity index (χ3n) is 3.73. The Morgan fingerprint density at radius 1 is 1.12 bits per heavy atom. The fraction of sp³-hybridized carbons (Fsp3) is 0.350. The third-order valence-corrected chi connectivity index (χ3v) is 6.75. The summed E-state index contributed by atoms with van der Waals surface area (Å²) >= 11 is 3.97. The SMILES string of the molecule is CC(C)Oc1ccc(C(=O)Nc2cccc(C3SCCCS3)c2)cc1. The van der Waals surface area contributed by atoms with E-state index in [1.54, 1.807) is 12.1 Å². The second kappa shape index (κ2) is 8.68. The molecule has 0 atom stereocenters. The summed E-state index contributed by atoms with van der Waals surface area (Å²) in [5.41, 5.74) is 2.74. The van der Waals surface area contributed by atoms with E-state index in [1.807, 2.05) is 61.6 Å². The molecular formula is C20H23NO2S2. The number of rotatable bonds is 5. The summed E-state index contributed by atoms with van der Waals surface area (Å²) in [5, 5.41) is 3.00. The van der Waals surface area contributed by atoms with Gasteiger partial charge in [0.15, 0.2) is 0 Å². The van der Waals surface area contributed by atoms with E-state index in [1.165, 1.54) is 23.5 Å². The van der Waals surface area contributed by atoms with Gasteiger partial charge in [0.2, 0.25) is 0 Å². The van der Waals surface area contributed by atoms with E-state index >= 15 is 0 Å². The minimum Gasteiger partial charge on any atom is -0.491 e. The molecule has 25 heavy (non-hydrogen) atoms. The van der Waals surface area contributed by atoms with Crippen molar-refractivity contribution in [1.82, 2.24) is 0 Å². The van der Waals surface area contributed by atoms with Crippen molar-refractivity contribution in [2.24, 2.45) is 0 Å². The molecule has 2 aromatic rings. The van der Waals surface area contributed by atoms with E-state index in [2.05, 4.69) is 17.4 Å². The van der Waals surface area contributed by atoms with Gasteiger partial charge in [-0.15, -0.1) is 23.5 Å². The van der Waals surface area contributed by atoms with Crippen LogP contribution in [0, 0.1) is 0 Å². The van der Waals surface area contributed by atoms with Crippen LogP contribution in [-0.2, 0) is 0 Å². The van der Waals surface area contributed by atoms with E-state index in [0.717, 1.165) is 11.4 Å². The minimum absolute atomic E-state index is 0.0998. The lowest BCUT2D eigenvalue weighted by atomic mass is 10.2. The molecular weight excluding hydrogens is 350 g/mol. The minimum atomic E-state index is -0.0998. The van der Waals surface area contributed by atoms with Crippen LogP contribution in [0.15, 0.2) is 48.5 Å². The van der Waals surface area contributed by atoms with Gasteiger partial charge in [-0.25, -0.2) is 0 Å². The molecule has 1 amide bonds. The number of nitrogens with one attached hydrogen (secondary N) is 1. The van der Waals surface area contributed by atoms with Crippen LogP contribution in [0.2, 0.25) is 0 Å². The Morgan fingerprint density at radius 2 is 1.84 bits per heavy atom. The summed E-state index contributed by atoms with van der Waals surface area (Å²) in [4.78, 5) is 12.5. The largest absolute Gasteiger partial charge is 0.491 e. The second-order valence-electron chi connectivity index (χ2n) is 6.20. The normalized spacial score (nSPS) is 15.2. The molecule has 0 bridgehead atoms. The van der Waals surface area contributed by atoms with Gasteiger partial charge in [0.1, 0.15) is 5.75 Å². The van der Waals surface area contributed by atoms with E-state index in [4.69, 9.17) is 4.74 Å². The zero-order valence-corrected chi connectivity index (χ0v) is 16.2. The van der Waals surface area contributed by atoms with Gasteiger partial charge < -0.3 is 10.1 Å². The van der Waals surface area contributed by atoms with E-state index in [0.29, 0.717) is 10.1 Å². The Balaban J connectivity index is 1.66. The zero-order valence-electron chi connectivity index (χ0n) is 14.5. The molecule has 0 spiro atoms. The number of hydrogen-bond donors (Lipinski definition) is 1. The lowest BCUT2D eigenvalue weighted by molar-refractivity contribution is 0.102. The maximum absolute atomic E-state index is 12.5. The molecule has 0 aliphatic carbocycles. The molecule has 1 fully saturated rings. The van der Waals surface area contributed by atoms with Crippen LogP contribution in [0.5, 0.6) is 5.75 Å². The van der Waals surface area contributed by atoms with E-state index in [9.17, 15) is 4.79 Å². The molecule has 0 radical (unpaired) electrons. The molecule has 3 rings (SSSR count).